The molecule has 0 atom stereocenters. The molecule has 58 heavy (non-hydrogen) atoms. The average Bonchev–Trinajstić information content (AvgIpc) is 3.84. The van der Waals surface area contributed by atoms with E-state index < -0.39 is 0 Å². The number of hydrogen-bond acceptors (Lipinski definition) is 5. The summed E-state index contributed by atoms with van der Waals surface area (Å²) in [5, 5.41) is 14.4. The lowest BCUT2D eigenvalue weighted by Crippen LogP contribution is -2.04. The van der Waals surface area contributed by atoms with Gasteiger partial charge in [0.2, 0.25) is 0 Å². The Morgan fingerprint density at radius 2 is 0.983 bits per heavy atom. The van der Waals surface area contributed by atoms with Crippen LogP contribution in [-0.2, 0) is 0 Å². The van der Waals surface area contributed by atoms with Crippen molar-refractivity contribution in [1.29, 1.82) is 5.26 Å². The molecule has 3 heterocycles. The van der Waals surface area contributed by atoms with Gasteiger partial charge in [0.05, 0.1) is 28.4 Å². The third-order valence-electron chi connectivity index (χ3n) is 10.9. The molecular formula is C52H31N5O. The SMILES string of the molecule is N#Cc1ccccc1-c1ccc2c3ccccc3n(-c3ccc(-c4ccc5oc6ccccc6c5c4)cc3-c3nc(-c4ccccc4)nc(-c4ccccc4)n3)c2c1. The first-order chi connectivity index (χ1) is 28.7. The van der Waals surface area contributed by atoms with Gasteiger partial charge in [0.25, 0.3) is 0 Å². The van der Waals surface area contributed by atoms with Gasteiger partial charge >= 0.3 is 0 Å². The molecule has 6 nitrogen and oxygen atoms in total. The minimum atomic E-state index is 0.552. The van der Waals surface area contributed by atoms with Gasteiger partial charge in [-0.25, -0.2) is 15.0 Å². The Morgan fingerprint density at radius 3 is 1.76 bits per heavy atom. The summed E-state index contributed by atoms with van der Waals surface area (Å²) in [6.07, 6.45) is 0. The van der Waals surface area contributed by atoms with Crippen LogP contribution in [0.1, 0.15) is 5.56 Å². The predicted octanol–water partition coefficient (Wildman–Crippen LogP) is 13.1. The van der Waals surface area contributed by atoms with Crippen molar-refractivity contribution in [3.8, 4) is 68.2 Å². The maximum Gasteiger partial charge on any atom is 0.166 e. The largest absolute Gasteiger partial charge is 0.456 e. The quantitative estimate of drug-likeness (QED) is 0.169. The summed E-state index contributed by atoms with van der Waals surface area (Å²) < 4.78 is 8.51. The van der Waals surface area contributed by atoms with Crippen molar-refractivity contribution in [2.75, 3.05) is 0 Å². The number of rotatable bonds is 6. The highest BCUT2D eigenvalue weighted by molar-refractivity contribution is 6.11. The fourth-order valence-corrected chi connectivity index (χ4v) is 8.15. The summed E-state index contributed by atoms with van der Waals surface area (Å²) in [4.78, 5) is 15.5. The van der Waals surface area contributed by atoms with Gasteiger partial charge in [0.15, 0.2) is 17.5 Å². The topological polar surface area (TPSA) is 80.5 Å². The van der Waals surface area contributed by atoms with E-state index in [0.29, 0.717) is 23.0 Å². The van der Waals surface area contributed by atoms with E-state index in [1.807, 2.05) is 103 Å². The summed E-state index contributed by atoms with van der Waals surface area (Å²) in [7, 11) is 0. The number of furan rings is 1. The van der Waals surface area contributed by atoms with Crippen molar-refractivity contribution in [2.45, 2.75) is 0 Å². The fraction of sp³-hybridized carbons (Fsp3) is 0. The Hall–Kier alpha value is -8.14. The van der Waals surface area contributed by atoms with Gasteiger partial charge in [-0.05, 0) is 70.8 Å². The smallest absolute Gasteiger partial charge is 0.166 e. The van der Waals surface area contributed by atoms with Crippen molar-refractivity contribution in [1.82, 2.24) is 19.5 Å². The van der Waals surface area contributed by atoms with E-state index >= 15 is 0 Å². The van der Waals surface area contributed by atoms with Crippen LogP contribution >= 0.6 is 0 Å². The Labute approximate surface area is 333 Å². The second kappa shape index (κ2) is 13.6. The van der Waals surface area contributed by atoms with E-state index in [1.54, 1.807) is 0 Å². The number of aromatic nitrogens is 4. The van der Waals surface area contributed by atoms with Crippen molar-refractivity contribution >= 4 is 43.7 Å². The average molecular weight is 742 g/mol. The number of benzene rings is 8. The van der Waals surface area contributed by atoms with Crippen LogP contribution in [-0.4, -0.2) is 19.5 Å². The zero-order valence-electron chi connectivity index (χ0n) is 31.0. The monoisotopic (exact) mass is 741 g/mol. The maximum atomic E-state index is 10.1. The molecule has 11 aromatic rings. The van der Waals surface area contributed by atoms with Crippen LogP contribution in [0.15, 0.2) is 192 Å². The molecule has 0 aliphatic carbocycles. The molecule has 11 rings (SSSR count). The molecule has 0 aliphatic rings. The first-order valence-electron chi connectivity index (χ1n) is 19.2. The Kier molecular flexibility index (Phi) is 7.76. The van der Waals surface area contributed by atoms with E-state index in [-0.39, 0.29) is 0 Å². The molecule has 6 heteroatoms. The van der Waals surface area contributed by atoms with Gasteiger partial charge in [0.1, 0.15) is 11.2 Å². The van der Waals surface area contributed by atoms with Gasteiger partial charge in [-0.3, -0.25) is 0 Å². The van der Waals surface area contributed by atoms with Crippen molar-refractivity contribution in [3.05, 3.63) is 194 Å². The molecule has 0 N–H and O–H groups in total. The van der Waals surface area contributed by atoms with Gasteiger partial charge < -0.3 is 8.98 Å². The number of nitrogens with zero attached hydrogens (tertiary/aromatic N) is 5. The molecule has 0 aliphatic heterocycles. The first kappa shape index (κ1) is 33.2. The minimum Gasteiger partial charge on any atom is -0.456 e. The third-order valence-corrected chi connectivity index (χ3v) is 10.9. The highest BCUT2D eigenvalue weighted by atomic mass is 16.3. The molecule has 0 spiro atoms. The van der Waals surface area contributed by atoms with Crippen molar-refractivity contribution in [3.63, 3.8) is 0 Å². The standard InChI is InChI=1S/C52H31N5O/c53-32-38-17-7-8-18-39(38)37-23-26-41-40-19-9-11-21-45(40)57(47(41)31-37)46-27-24-35(36-25-28-49-43(29-36)42-20-10-12-22-48(42)58-49)30-44(46)52-55-50(33-13-3-1-4-14-33)54-51(56-52)34-15-5-2-6-16-34/h1-31H. The van der Waals surface area contributed by atoms with E-state index in [2.05, 4.69) is 95.6 Å². The van der Waals surface area contributed by atoms with Crippen LogP contribution in [0.3, 0.4) is 0 Å². The Balaban J connectivity index is 1.21. The van der Waals surface area contributed by atoms with Crippen LogP contribution < -0.4 is 0 Å². The molecule has 0 unspecified atom stereocenters. The summed E-state index contributed by atoms with van der Waals surface area (Å²) in [6, 6.07) is 66.3. The normalized spacial score (nSPS) is 11.4. The van der Waals surface area contributed by atoms with Crippen LogP contribution in [0.25, 0.3) is 106 Å². The Morgan fingerprint density at radius 1 is 0.397 bits per heavy atom. The zero-order chi connectivity index (χ0) is 38.6. The van der Waals surface area contributed by atoms with Gasteiger partial charge in [-0.15, -0.1) is 0 Å². The number of hydrogen-bond donors (Lipinski definition) is 0. The fourth-order valence-electron chi connectivity index (χ4n) is 8.15. The molecular weight excluding hydrogens is 711 g/mol. The molecule has 0 amide bonds. The van der Waals surface area contributed by atoms with Crippen LogP contribution in [0, 0.1) is 11.3 Å². The highest BCUT2D eigenvalue weighted by Crippen LogP contribution is 2.41. The van der Waals surface area contributed by atoms with E-state index in [9.17, 15) is 5.26 Å². The summed E-state index contributed by atoms with van der Waals surface area (Å²) in [6.45, 7) is 0. The number of para-hydroxylation sites is 2. The third kappa shape index (κ3) is 5.53. The number of nitriles is 1. The summed E-state index contributed by atoms with van der Waals surface area (Å²) in [5.41, 5.74) is 11.9. The maximum absolute atomic E-state index is 10.1. The van der Waals surface area contributed by atoms with Gasteiger partial charge in [-0.1, -0.05) is 140 Å². The van der Waals surface area contributed by atoms with Crippen molar-refractivity contribution < 1.29 is 4.42 Å². The molecule has 3 aromatic heterocycles. The van der Waals surface area contributed by atoms with Crippen LogP contribution in [0.4, 0.5) is 0 Å². The molecule has 0 saturated carbocycles. The van der Waals surface area contributed by atoms with E-state index in [4.69, 9.17) is 19.4 Å². The molecule has 0 fully saturated rings. The second-order valence-electron chi connectivity index (χ2n) is 14.3. The van der Waals surface area contributed by atoms with Gasteiger partial charge in [0, 0.05) is 38.2 Å². The Bertz CT molecular complexity index is 3360. The molecule has 270 valence electrons. The lowest BCUT2D eigenvalue weighted by atomic mass is 9.98. The van der Waals surface area contributed by atoms with Crippen molar-refractivity contribution in [2.24, 2.45) is 0 Å². The zero-order valence-corrected chi connectivity index (χ0v) is 31.0. The van der Waals surface area contributed by atoms with Crippen LogP contribution in [0.2, 0.25) is 0 Å². The van der Waals surface area contributed by atoms with Crippen LogP contribution in [0.5, 0.6) is 0 Å². The highest BCUT2D eigenvalue weighted by Gasteiger charge is 2.21. The summed E-state index contributed by atoms with van der Waals surface area (Å²) in [5.74, 6) is 1.73. The number of fused-ring (bicyclic) bond motifs is 6. The second-order valence-corrected chi connectivity index (χ2v) is 14.3. The van der Waals surface area contributed by atoms with Gasteiger partial charge in [-0.2, -0.15) is 5.26 Å². The lowest BCUT2D eigenvalue weighted by molar-refractivity contribution is 0.669. The lowest BCUT2D eigenvalue weighted by Gasteiger charge is -2.17. The van der Waals surface area contributed by atoms with E-state index in [1.165, 1.54) is 0 Å². The summed E-state index contributed by atoms with van der Waals surface area (Å²) >= 11 is 0. The van der Waals surface area contributed by atoms with E-state index in [0.717, 1.165) is 88.4 Å². The molecule has 0 radical (unpaired) electrons. The molecule has 8 aromatic carbocycles. The predicted molar refractivity (Wildman–Crippen MR) is 233 cm³/mol. The first-order valence-corrected chi connectivity index (χ1v) is 19.2. The molecule has 0 saturated heterocycles. The minimum absolute atomic E-state index is 0.552. The molecule has 0 bridgehead atoms.